The third-order valence-electron chi connectivity index (χ3n) is 3.32. The van der Waals surface area contributed by atoms with Gasteiger partial charge >= 0.3 is 5.97 Å². The number of hydrogen-bond acceptors (Lipinski definition) is 4. The number of esters is 1. The quantitative estimate of drug-likeness (QED) is 0.690. The summed E-state index contributed by atoms with van der Waals surface area (Å²) < 4.78 is 31.2. The first-order valence-electron chi connectivity index (χ1n) is 7.43. The smallest absolute Gasteiger partial charge is 0.308 e. The molecule has 0 saturated carbocycles. The van der Waals surface area contributed by atoms with Crippen LogP contribution in [0.3, 0.4) is 0 Å². The number of nitrogens with two attached hydrogens (primary N) is 1. The molecule has 0 fully saturated rings. The minimum atomic E-state index is -1.10. The summed E-state index contributed by atoms with van der Waals surface area (Å²) in [6.45, 7) is 3.38. The van der Waals surface area contributed by atoms with Crippen LogP contribution < -0.4 is 11.1 Å². The fourth-order valence-corrected chi connectivity index (χ4v) is 2.06. The Kier molecular flexibility index (Phi) is 7.29. The van der Waals surface area contributed by atoms with E-state index in [-0.39, 0.29) is 25.0 Å². The molecule has 0 aliphatic heterocycles. The predicted molar refractivity (Wildman–Crippen MR) is 81.6 cm³/mol. The van der Waals surface area contributed by atoms with E-state index in [2.05, 4.69) is 5.32 Å². The van der Waals surface area contributed by atoms with Crippen LogP contribution in [0.5, 0.6) is 0 Å². The third kappa shape index (κ3) is 5.94. The molecule has 24 heavy (non-hydrogen) atoms. The molecule has 0 bridgehead atoms. The van der Waals surface area contributed by atoms with Crippen molar-refractivity contribution < 1.29 is 27.9 Å². The number of nitrogens with one attached hydrogen (secondary N) is 1. The highest BCUT2D eigenvalue weighted by Crippen LogP contribution is 2.12. The van der Waals surface area contributed by atoms with Crippen LogP contribution in [0.1, 0.15) is 25.8 Å². The van der Waals surface area contributed by atoms with Crippen molar-refractivity contribution >= 4 is 17.8 Å². The van der Waals surface area contributed by atoms with Crippen molar-refractivity contribution in [2.75, 3.05) is 6.61 Å². The van der Waals surface area contributed by atoms with Crippen molar-refractivity contribution in [3.8, 4) is 0 Å². The highest BCUT2D eigenvalue weighted by atomic mass is 19.1. The standard InChI is InChI=1S/C16H20F2N2O4/c1-3-24-16(23)9(2)6-13(15(19)22)20-14(21)7-10-4-5-11(17)8-12(10)18/h4-5,8-9,13H,3,6-7H2,1-2H3,(H2,19,22)(H,20,21)/t9-,13+/m1/s1. The van der Waals surface area contributed by atoms with Gasteiger partial charge in [0.15, 0.2) is 0 Å². The Morgan fingerprint density at radius 2 is 1.96 bits per heavy atom. The second kappa shape index (κ2) is 8.95. The normalized spacial score (nSPS) is 13.0. The fraction of sp³-hybridized carbons (Fsp3) is 0.438. The number of benzene rings is 1. The van der Waals surface area contributed by atoms with E-state index in [1.807, 2.05) is 0 Å². The molecule has 0 aromatic heterocycles. The second-order valence-corrected chi connectivity index (χ2v) is 5.32. The van der Waals surface area contributed by atoms with Gasteiger partial charge in [-0.1, -0.05) is 13.0 Å². The van der Waals surface area contributed by atoms with Gasteiger partial charge in [-0.15, -0.1) is 0 Å². The number of halogens is 2. The Labute approximate surface area is 138 Å². The van der Waals surface area contributed by atoms with Gasteiger partial charge < -0.3 is 15.8 Å². The van der Waals surface area contributed by atoms with E-state index >= 15 is 0 Å². The van der Waals surface area contributed by atoms with Gasteiger partial charge in [-0.3, -0.25) is 14.4 Å². The maximum absolute atomic E-state index is 13.5. The molecule has 0 saturated heterocycles. The molecule has 0 spiro atoms. The summed E-state index contributed by atoms with van der Waals surface area (Å²) in [4.78, 5) is 35.0. The number of amides is 2. The van der Waals surface area contributed by atoms with Crippen LogP contribution in [0, 0.1) is 17.6 Å². The minimum absolute atomic E-state index is 0.0180. The van der Waals surface area contributed by atoms with Gasteiger partial charge in [-0.05, 0) is 25.0 Å². The maximum atomic E-state index is 13.5. The van der Waals surface area contributed by atoms with Crippen LogP contribution in [0.25, 0.3) is 0 Å². The van der Waals surface area contributed by atoms with Crippen LogP contribution in [0.15, 0.2) is 18.2 Å². The van der Waals surface area contributed by atoms with Crippen molar-refractivity contribution in [3.63, 3.8) is 0 Å². The molecule has 1 aromatic rings. The first kappa shape index (κ1) is 19.5. The van der Waals surface area contributed by atoms with E-state index in [0.29, 0.717) is 6.07 Å². The lowest BCUT2D eigenvalue weighted by atomic mass is 10.0. The van der Waals surface area contributed by atoms with Gasteiger partial charge in [-0.2, -0.15) is 0 Å². The van der Waals surface area contributed by atoms with Crippen LogP contribution in [0.2, 0.25) is 0 Å². The van der Waals surface area contributed by atoms with Gasteiger partial charge in [-0.25, -0.2) is 8.78 Å². The zero-order valence-corrected chi connectivity index (χ0v) is 13.5. The Hall–Kier alpha value is -2.51. The molecule has 8 heteroatoms. The summed E-state index contributed by atoms with van der Waals surface area (Å²) in [6, 6.07) is 1.74. The first-order chi connectivity index (χ1) is 11.2. The average molecular weight is 342 g/mol. The Morgan fingerprint density at radius 1 is 1.29 bits per heavy atom. The topological polar surface area (TPSA) is 98.5 Å². The Bertz CT molecular complexity index is 622. The summed E-state index contributed by atoms with van der Waals surface area (Å²) in [5.74, 6) is -4.26. The van der Waals surface area contributed by atoms with Crippen LogP contribution in [-0.2, 0) is 25.5 Å². The van der Waals surface area contributed by atoms with Crippen LogP contribution in [-0.4, -0.2) is 30.4 Å². The lowest BCUT2D eigenvalue weighted by Gasteiger charge is -2.19. The number of rotatable bonds is 8. The summed E-state index contributed by atoms with van der Waals surface area (Å²) in [5.41, 5.74) is 5.20. The number of carbonyl (C=O) groups is 3. The van der Waals surface area contributed by atoms with E-state index in [1.165, 1.54) is 0 Å². The highest BCUT2D eigenvalue weighted by molar-refractivity contribution is 5.88. The van der Waals surface area contributed by atoms with Crippen LogP contribution >= 0.6 is 0 Å². The van der Waals surface area contributed by atoms with E-state index in [1.54, 1.807) is 13.8 Å². The predicted octanol–water partition coefficient (Wildman–Crippen LogP) is 1.07. The third-order valence-corrected chi connectivity index (χ3v) is 3.32. The van der Waals surface area contributed by atoms with Gasteiger partial charge in [0.05, 0.1) is 18.9 Å². The van der Waals surface area contributed by atoms with Crippen molar-refractivity contribution in [1.29, 1.82) is 0 Å². The van der Waals surface area contributed by atoms with E-state index in [4.69, 9.17) is 10.5 Å². The molecule has 0 heterocycles. The summed E-state index contributed by atoms with van der Waals surface area (Å²) in [7, 11) is 0. The molecule has 2 atom stereocenters. The van der Waals surface area contributed by atoms with Crippen LogP contribution in [0.4, 0.5) is 8.78 Å². The molecule has 0 radical (unpaired) electrons. The van der Waals surface area contributed by atoms with Crippen molar-refractivity contribution in [1.82, 2.24) is 5.32 Å². The number of primary amides is 1. The van der Waals surface area contributed by atoms with Crippen molar-refractivity contribution in [2.45, 2.75) is 32.7 Å². The number of carbonyl (C=O) groups excluding carboxylic acids is 3. The fourth-order valence-electron chi connectivity index (χ4n) is 2.06. The molecular weight excluding hydrogens is 322 g/mol. The molecular formula is C16H20F2N2O4. The van der Waals surface area contributed by atoms with Gasteiger partial charge in [0, 0.05) is 6.07 Å². The molecule has 0 unspecified atom stereocenters. The number of hydrogen-bond donors (Lipinski definition) is 2. The lowest BCUT2D eigenvalue weighted by Crippen LogP contribution is -2.46. The molecule has 1 rings (SSSR count). The zero-order chi connectivity index (χ0) is 18.3. The summed E-state index contributed by atoms with van der Waals surface area (Å²) in [6.07, 6.45) is -0.421. The average Bonchev–Trinajstić information content (AvgIpc) is 2.49. The lowest BCUT2D eigenvalue weighted by molar-refractivity contribution is -0.148. The van der Waals surface area contributed by atoms with E-state index in [9.17, 15) is 23.2 Å². The van der Waals surface area contributed by atoms with Gasteiger partial charge in [0.1, 0.15) is 17.7 Å². The molecule has 0 aliphatic carbocycles. The Morgan fingerprint density at radius 3 is 2.50 bits per heavy atom. The van der Waals surface area contributed by atoms with E-state index < -0.39 is 41.4 Å². The second-order valence-electron chi connectivity index (χ2n) is 5.32. The molecule has 2 amide bonds. The molecule has 132 valence electrons. The van der Waals surface area contributed by atoms with Gasteiger partial charge in [0.25, 0.3) is 0 Å². The molecule has 6 nitrogen and oxygen atoms in total. The maximum Gasteiger partial charge on any atom is 0.308 e. The zero-order valence-electron chi connectivity index (χ0n) is 13.5. The number of ether oxygens (including phenoxy) is 1. The summed E-state index contributed by atoms with van der Waals surface area (Å²) in [5, 5.41) is 2.35. The molecule has 3 N–H and O–H groups in total. The summed E-state index contributed by atoms with van der Waals surface area (Å²) >= 11 is 0. The minimum Gasteiger partial charge on any atom is -0.466 e. The SMILES string of the molecule is CCOC(=O)[C@H](C)C[C@H](NC(=O)Cc1ccc(F)cc1F)C(N)=O. The highest BCUT2D eigenvalue weighted by Gasteiger charge is 2.25. The first-order valence-corrected chi connectivity index (χ1v) is 7.43. The molecule has 0 aliphatic rings. The Balaban J connectivity index is 2.69. The van der Waals surface area contributed by atoms with Gasteiger partial charge in [0.2, 0.25) is 11.8 Å². The van der Waals surface area contributed by atoms with Crippen molar-refractivity contribution in [2.24, 2.45) is 11.7 Å². The molecule has 1 aromatic carbocycles. The van der Waals surface area contributed by atoms with E-state index in [0.717, 1.165) is 12.1 Å². The largest absolute Gasteiger partial charge is 0.466 e. The monoisotopic (exact) mass is 342 g/mol. The van der Waals surface area contributed by atoms with Crippen molar-refractivity contribution in [3.05, 3.63) is 35.4 Å².